The van der Waals surface area contributed by atoms with Crippen molar-refractivity contribution >= 4 is 5.91 Å². The van der Waals surface area contributed by atoms with E-state index in [9.17, 15) is 4.79 Å². The van der Waals surface area contributed by atoms with E-state index in [4.69, 9.17) is 5.73 Å². The molecule has 1 aliphatic rings. The highest BCUT2D eigenvalue weighted by atomic mass is 16.2. The van der Waals surface area contributed by atoms with E-state index in [1.54, 1.807) is 0 Å². The molecular weight excluding hydrogens is 200 g/mol. The van der Waals surface area contributed by atoms with E-state index in [0.717, 1.165) is 19.5 Å². The van der Waals surface area contributed by atoms with Gasteiger partial charge in [0.1, 0.15) is 0 Å². The Morgan fingerprint density at radius 1 is 1.44 bits per heavy atom. The summed E-state index contributed by atoms with van der Waals surface area (Å²) >= 11 is 0. The molecule has 2 N–H and O–H groups in total. The topological polar surface area (TPSA) is 46.3 Å². The summed E-state index contributed by atoms with van der Waals surface area (Å²) in [6.07, 6.45) is 1.54. The van der Waals surface area contributed by atoms with Gasteiger partial charge in [-0.25, -0.2) is 0 Å². The second-order valence-corrected chi connectivity index (χ2v) is 6.94. The van der Waals surface area contributed by atoms with E-state index < -0.39 is 0 Å². The van der Waals surface area contributed by atoms with Gasteiger partial charge in [-0.05, 0) is 17.3 Å². The Bertz CT molecular complexity index is 266. The molecule has 0 saturated carbocycles. The third kappa shape index (κ3) is 3.48. The molecule has 0 radical (unpaired) electrons. The van der Waals surface area contributed by atoms with Crippen LogP contribution in [0.2, 0.25) is 0 Å². The lowest BCUT2D eigenvalue weighted by Crippen LogP contribution is -2.54. The number of carbonyl (C=O) groups is 1. The first kappa shape index (κ1) is 13.5. The van der Waals surface area contributed by atoms with Crippen molar-refractivity contribution in [2.24, 2.45) is 16.6 Å². The van der Waals surface area contributed by atoms with Crippen LogP contribution in [0.15, 0.2) is 0 Å². The van der Waals surface area contributed by atoms with Crippen molar-refractivity contribution in [1.82, 2.24) is 4.90 Å². The number of likely N-dealkylation sites (tertiary alicyclic amines) is 1. The van der Waals surface area contributed by atoms with Crippen LogP contribution < -0.4 is 5.73 Å². The molecule has 0 aromatic heterocycles. The minimum Gasteiger partial charge on any atom is -0.342 e. The minimum absolute atomic E-state index is 0.0474. The Kier molecular flexibility index (Phi) is 3.68. The molecule has 1 fully saturated rings. The van der Waals surface area contributed by atoms with Crippen LogP contribution in [-0.2, 0) is 4.79 Å². The Labute approximate surface area is 99.4 Å². The molecule has 94 valence electrons. The number of hydrogen-bond donors (Lipinski definition) is 1. The molecule has 0 aromatic carbocycles. The van der Waals surface area contributed by atoms with Gasteiger partial charge in [-0.15, -0.1) is 0 Å². The van der Waals surface area contributed by atoms with E-state index >= 15 is 0 Å². The highest BCUT2D eigenvalue weighted by molar-refractivity contribution is 5.77. The molecule has 3 heteroatoms. The average Bonchev–Trinajstić information content (AvgIpc) is 2.06. The number of rotatable bonds is 1. The zero-order valence-corrected chi connectivity index (χ0v) is 11.3. The largest absolute Gasteiger partial charge is 0.342 e. The number of nitrogens with zero attached hydrogens (tertiary/aromatic N) is 1. The van der Waals surface area contributed by atoms with Gasteiger partial charge in [-0.1, -0.05) is 34.6 Å². The zero-order chi connectivity index (χ0) is 12.6. The third-order valence-corrected chi connectivity index (χ3v) is 3.35. The molecule has 16 heavy (non-hydrogen) atoms. The molecule has 1 aliphatic heterocycles. The third-order valence-electron chi connectivity index (χ3n) is 3.35. The van der Waals surface area contributed by atoms with E-state index in [0.29, 0.717) is 6.42 Å². The summed E-state index contributed by atoms with van der Waals surface area (Å²) in [6, 6.07) is 0.214. The lowest BCUT2D eigenvalue weighted by molar-refractivity contribution is -0.136. The SMILES string of the molecule is CC(C)(C)CC(=O)N1CCC(N)C(C)(C)C1. The standard InChI is InChI=1S/C13H26N2O/c1-12(2,3)8-11(16)15-7-6-10(14)13(4,5)9-15/h10H,6-9,14H2,1-5H3. The molecule has 1 heterocycles. The number of piperidine rings is 1. The highest BCUT2D eigenvalue weighted by Gasteiger charge is 2.35. The van der Waals surface area contributed by atoms with E-state index in [1.165, 1.54) is 0 Å². The maximum atomic E-state index is 12.1. The van der Waals surface area contributed by atoms with Crippen molar-refractivity contribution in [3.05, 3.63) is 0 Å². The Hall–Kier alpha value is -0.570. The molecule has 0 bridgehead atoms. The Balaban J connectivity index is 2.60. The van der Waals surface area contributed by atoms with E-state index in [1.807, 2.05) is 4.90 Å². The quantitative estimate of drug-likeness (QED) is 0.743. The summed E-state index contributed by atoms with van der Waals surface area (Å²) in [4.78, 5) is 14.1. The summed E-state index contributed by atoms with van der Waals surface area (Å²) in [5, 5.41) is 0. The maximum Gasteiger partial charge on any atom is 0.223 e. The fraction of sp³-hybridized carbons (Fsp3) is 0.923. The second kappa shape index (κ2) is 4.36. The molecule has 1 unspecified atom stereocenters. The first-order chi connectivity index (χ1) is 7.12. The summed E-state index contributed by atoms with van der Waals surface area (Å²) < 4.78 is 0. The van der Waals surface area contributed by atoms with Crippen LogP contribution in [0.5, 0.6) is 0 Å². The van der Waals surface area contributed by atoms with E-state index in [-0.39, 0.29) is 22.8 Å². The van der Waals surface area contributed by atoms with Gasteiger partial charge in [0.2, 0.25) is 5.91 Å². The first-order valence-corrected chi connectivity index (χ1v) is 6.15. The highest BCUT2D eigenvalue weighted by Crippen LogP contribution is 2.29. The molecule has 1 rings (SSSR count). The molecule has 0 aromatic rings. The number of amides is 1. The molecule has 0 aliphatic carbocycles. The van der Waals surface area contributed by atoms with Crippen LogP contribution in [0.4, 0.5) is 0 Å². The summed E-state index contributed by atoms with van der Waals surface area (Å²) in [7, 11) is 0. The predicted molar refractivity (Wildman–Crippen MR) is 67.0 cm³/mol. The van der Waals surface area contributed by atoms with Gasteiger partial charge in [0, 0.05) is 25.6 Å². The van der Waals surface area contributed by atoms with Crippen molar-refractivity contribution in [3.63, 3.8) is 0 Å². The smallest absolute Gasteiger partial charge is 0.223 e. The van der Waals surface area contributed by atoms with Crippen molar-refractivity contribution in [3.8, 4) is 0 Å². The van der Waals surface area contributed by atoms with Gasteiger partial charge < -0.3 is 10.6 Å². The van der Waals surface area contributed by atoms with Gasteiger partial charge in [-0.2, -0.15) is 0 Å². The van der Waals surface area contributed by atoms with Gasteiger partial charge in [0.15, 0.2) is 0 Å². The van der Waals surface area contributed by atoms with Crippen LogP contribution >= 0.6 is 0 Å². The lowest BCUT2D eigenvalue weighted by Gasteiger charge is -2.43. The fourth-order valence-corrected chi connectivity index (χ4v) is 2.15. The normalized spacial score (nSPS) is 25.6. The van der Waals surface area contributed by atoms with Gasteiger partial charge in [0.25, 0.3) is 0 Å². The molecule has 1 amide bonds. The van der Waals surface area contributed by atoms with Crippen molar-refractivity contribution in [2.45, 2.75) is 53.5 Å². The van der Waals surface area contributed by atoms with Gasteiger partial charge in [0.05, 0.1) is 0 Å². The minimum atomic E-state index is 0.0474. The van der Waals surface area contributed by atoms with Crippen molar-refractivity contribution < 1.29 is 4.79 Å². The number of hydrogen-bond acceptors (Lipinski definition) is 2. The zero-order valence-electron chi connectivity index (χ0n) is 11.3. The van der Waals surface area contributed by atoms with Crippen LogP contribution in [0.1, 0.15) is 47.5 Å². The molecule has 1 atom stereocenters. The number of nitrogens with two attached hydrogens (primary N) is 1. The van der Waals surface area contributed by atoms with Crippen LogP contribution in [0.3, 0.4) is 0 Å². The second-order valence-electron chi connectivity index (χ2n) is 6.94. The van der Waals surface area contributed by atoms with E-state index in [2.05, 4.69) is 34.6 Å². The molecular formula is C13H26N2O. The Morgan fingerprint density at radius 3 is 2.44 bits per heavy atom. The van der Waals surface area contributed by atoms with Crippen molar-refractivity contribution in [1.29, 1.82) is 0 Å². The van der Waals surface area contributed by atoms with Crippen LogP contribution in [0, 0.1) is 10.8 Å². The average molecular weight is 226 g/mol. The monoisotopic (exact) mass is 226 g/mol. The van der Waals surface area contributed by atoms with Crippen LogP contribution in [-0.4, -0.2) is 29.9 Å². The lowest BCUT2D eigenvalue weighted by atomic mass is 9.79. The summed E-state index contributed by atoms with van der Waals surface area (Å²) in [5.41, 5.74) is 6.18. The Morgan fingerprint density at radius 2 is 2.00 bits per heavy atom. The molecule has 3 nitrogen and oxygen atoms in total. The predicted octanol–water partition coefficient (Wildman–Crippen LogP) is 2.01. The van der Waals surface area contributed by atoms with Crippen molar-refractivity contribution in [2.75, 3.05) is 13.1 Å². The van der Waals surface area contributed by atoms with Gasteiger partial charge in [-0.3, -0.25) is 4.79 Å². The summed E-state index contributed by atoms with van der Waals surface area (Å²) in [5.74, 6) is 0.271. The fourth-order valence-electron chi connectivity index (χ4n) is 2.15. The molecule has 1 saturated heterocycles. The van der Waals surface area contributed by atoms with Crippen LogP contribution in [0.25, 0.3) is 0 Å². The molecule has 0 spiro atoms. The number of carbonyl (C=O) groups excluding carboxylic acids is 1. The van der Waals surface area contributed by atoms with Gasteiger partial charge >= 0.3 is 0 Å². The first-order valence-electron chi connectivity index (χ1n) is 6.15. The maximum absolute atomic E-state index is 12.1. The summed E-state index contributed by atoms with van der Waals surface area (Å²) in [6.45, 7) is 12.2.